The van der Waals surface area contributed by atoms with Gasteiger partial charge >= 0.3 is 0 Å². The molecule has 0 amide bonds. The van der Waals surface area contributed by atoms with Crippen molar-refractivity contribution in [3.63, 3.8) is 0 Å². The van der Waals surface area contributed by atoms with Crippen molar-refractivity contribution in [3.05, 3.63) is 0 Å². The summed E-state index contributed by atoms with van der Waals surface area (Å²) in [5.41, 5.74) is 0. The summed E-state index contributed by atoms with van der Waals surface area (Å²) in [4.78, 5) is 0. The lowest BCUT2D eigenvalue weighted by Gasteiger charge is -2.07. The molecular formula is C8H16N2. The topological polar surface area (TPSA) is 35.8 Å². The highest BCUT2D eigenvalue weighted by molar-refractivity contribution is 4.76. The van der Waals surface area contributed by atoms with Crippen molar-refractivity contribution in [2.45, 2.75) is 39.2 Å². The Morgan fingerprint density at radius 3 is 2.80 bits per heavy atom. The summed E-state index contributed by atoms with van der Waals surface area (Å²) in [6, 6.07) is 2.49. The Morgan fingerprint density at radius 2 is 2.30 bits per heavy atom. The van der Waals surface area contributed by atoms with Crippen LogP contribution in [-0.2, 0) is 0 Å². The van der Waals surface area contributed by atoms with E-state index in [1.54, 1.807) is 0 Å². The van der Waals surface area contributed by atoms with Crippen LogP contribution in [0.4, 0.5) is 0 Å². The van der Waals surface area contributed by atoms with Gasteiger partial charge < -0.3 is 5.32 Å². The van der Waals surface area contributed by atoms with Crippen molar-refractivity contribution in [3.8, 4) is 6.07 Å². The van der Waals surface area contributed by atoms with Gasteiger partial charge in [0.15, 0.2) is 0 Å². The van der Waals surface area contributed by atoms with E-state index in [0.717, 1.165) is 6.54 Å². The van der Waals surface area contributed by atoms with Gasteiger partial charge in [0.1, 0.15) is 0 Å². The summed E-state index contributed by atoms with van der Waals surface area (Å²) >= 11 is 0. The molecule has 2 nitrogen and oxygen atoms in total. The molecule has 0 saturated carbocycles. The molecule has 2 heteroatoms. The number of nitrogens with zero attached hydrogens (tertiary/aromatic N) is 1. The van der Waals surface area contributed by atoms with Gasteiger partial charge in [-0.3, -0.25) is 0 Å². The average molecular weight is 140 g/mol. The largest absolute Gasteiger partial charge is 0.313 e. The third-order valence-corrected chi connectivity index (χ3v) is 1.42. The zero-order valence-corrected chi connectivity index (χ0v) is 6.85. The molecule has 0 aromatic heterocycles. The molecule has 0 radical (unpaired) electrons. The van der Waals surface area contributed by atoms with Crippen LogP contribution in [0.5, 0.6) is 0 Å². The van der Waals surface area contributed by atoms with Crippen molar-refractivity contribution < 1.29 is 0 Å². The van der Waals surface area contributed by atoms with Crippen LogP contribution in [0.2, 0.25) is 0 Å². The molecule has 0 spiro atoms. The zero-order valence-electron chi connectivity index (χ0n) is 6.85. The van der Waals surface area contributed by atoms with Gasteiger partial charge in [0.2, 0.25) is 0 Å². The lowest BCUT2D eigenvalue weighted by molar-refractivity contribution is 0.541. The highest BCUT2D eigenvalue weighted by Gasteiger charge is 1.96. The van der Waals surface area contributed by atoms with Crippen LogP contribution in [0.15, 0.2) is 0 Å². The summed E-state index contributed by atoms with van der Waals surface area (Å²) in [6.45, 7) is 5.24. The number of hydrogen-bond donors (Lipinski definition) is 1. The van der Waals surface area contributed by atoms with E-state index in [-0.39, 0.29) is 0 Å². The molecule has 58 valence electrons. The molecule has 0 saturated heterocycles. The molecule has 0 aliphatic carbocycles. The van der Waals surface area contributed by atoms with Gasteiger partial charge in [-0.2, -0.15) is 5.26 Å². The maximum atomic E-state index is 8.30. The smallest absolute Gasteiger partial charge is 0.0638 e. The molecule has 1 unspecified atom stereocenters. The predicted octanol–water partition coefficient (Wildman–Crippen LogP) is 1.68. The van der Waals surface area contributed by atoms with Gasteiger partial charge in [-0.05, 0) is 19.9 Å². The Hall–Kier alpha value is -0.550. The number of hydrogen-bond acceptors (Lipinski definition) is 2. The second kappa shape index (κ2) is 6.57. The first-order chi connectivity index (χ1) is 4.81. The lowest BCUT2D eigenvalue weighted by atomic mass is 10.2. The maximum Gasteiger partial charge on any atom is 0.0638 e. The maximum absolute atomic E-state index is 8.30. The van der Waals surface area contributed by atoms with E-state index in [1.807, 2.05) is 6.92 Å². The van der Waals surface area contributed by atoms with Crippen LogP contribution in [0.25, 0.3) is 0 Å². The number of unbranched alkanes of at least 4 members (excludes halogenated alkanes) is 1. The molecule has 1 N–H and O–H groups in total. The fraction of sp³-hybridized carbons (Fsp3) is 0.875. The van der Waals surface area contributed by atoms with Crippen molar-refractivity contribution in [1.82, 2.24) is 5.32 Å². The highest BCUT2D eigenvalue weighted by atomic mass is 14.9. The standard InChI is InChI=1S/C8H16N2/c1-3-4-7-10-8(2)5-6-9/h8,10H,3-5,7H2,1-2H3. The molecule has 0 aromatic carbocycles. The van der Waals surface area contributed by atoms with Gasteiger partial charge in [0.25, 0.3) is 0 Å². The third kappa shape index (κ3) is 5.58. The average Bonchev–Trinajstić information content (AvgIpc) is 1.89. The van der Waals surface area contributed by atoms with E-state index in [0.29, 0.717) is 12.5 Å². The van der Waals surface area contributed by atoms with Gasteiger partial charge in [0.05, 0.1) is 12.5 Å². The van der Waals surface area contributed by atoms with Crippen LogP contribution in [0, 0.1) is 11.3 Å². The number of rotatable bonds is 5. The van der Waals surface area contributed by atoms with E-state index >= 15 is 0 Å². The molecule has 0 aliphatic rings. The summed E-state index contributed by atoms with van der Waals surface area (Å²) in [7, 11) is 0. The van der Waals surface area contributed by atoms with Gasteiger partial charge in [0, 0.05) is 6.04 Å². The van der Waals surface area contributed by atoms with Crippen molar-refractivity contribution in [2.75, 3.05) is 6.54 Å². The minimum absolute atomic E-state index is 0.358. The first kappa shape index (κ1) is 9.45. The van der Waals surface area contributed by atoms with E-state index in [1.165, 1.54) is 12.8 Å². The molecule has 1 atom stereocenters. The summed E-state index contributed by atoms with van der Waals surface area (Å²) in [5.74, 6) is 0. The molecule has 0 heterocycles. The van der Waals surface area contributed by atoms with Crippen LogP contribution < -0.4 is 5.32 Å². The van der Waals surface area contributed by atoms with Gasteiger partial charge in [-0.25, -0.2) is 0 Å². The first-order valence-corrected chi connectivity index (χ1v) is 3.91. The fourth-order valence-corrected chi connectivity index (χ4v) is 0.734. The van der Waals surface area contributed by atoms with Gasteiger partial charge in [-0.1, -0.05) is 13.3 Å². The predicted molar refractivity (Wildman–Crippen MR) is 42.6 cm³/mol. The number of nitriles is 1. The zero-order chi connectivity index (χ0) is 7.82. The Kier molecular flexibility index (Phi) is 6.21. The van der Waals surface area contributed by atoms with Crippen LogP contribution in [0.3, 0.4) is 0 Å². The molecule has 10 heavy (non-hydrogen) atoms. The second-order valence-electron chi connectivity index (χ2n) is 2.57. The van der Waals surface area contributed by atoms with Crippen molar-refractivity contribution in [2.24, 2.45) is 0 Å². The molecular weight excluding hydrogens is 124 g/mol. The van der Waals surface area contributed by atoms with Crippen LogP contribution >= 0.6 is 0 Å². The molecule has 0 rings (SSSR count). The summed E-state index contributed by atoms with van der Waals surface area (Å²) in [5, 5.41) is 11.6. The minimum Gasteiger partial charge on any atom is -0.313 e. The van der Waals surface area contributed by atoms with Crippen LogP contribution in [-0.4, -0.2) is 12.6 Å². The first-order valence-electron chi connectivity index (χ1n) is 3.91. The molecule has 0 aliphatic heterocycles. The van der Waals surface area contributed by atoms with Crippen molar-refractivity contribution in [1.29, 1.82) is 5.26 Å². The monoisotopic (exact) mass is 140 g/mol. The Balaban J connectivity index is 3.06. The van der Waals surface area contributed by atoms with E-state index in [4.69, 9.17) is 5.26 Å². The Bertz CT molecular complexity index is 104. The lowest BCUT2D eigenvalue weighted by Crippen LogP contribution is -2.26. The van der Waals surface area contributed by atoms with Gasteiger partial charge in [-0.15, -0.1) is 0 Å². The Morgan fingerprint density at radius 1 is 1.60 bits per heavy atom. The highest BCUT2D eigenvalue weighted by Crippen LogP contribution is 1.89. The van der Waals surface area contributed by atoms with E-state index in [9.17, 15) is 0 Å². The summed E-state index contributed by atoms with van der Waals surface area (Å²) in [6.07, 6.45) is 3.03. The quantitative estimate of drug-likeness (QED) is 0.590. The molecule has 0 aromatic rings. The van der Waals surface area contributed by atoms with E-state index in [2.05, 4.69) is 18.3 Å². The molecule has 0 fully saturated rings. The minimum atomic E-state index is 0.358. The summed E-state index contributed by atoms with van der Waals surface area (Å²) < 4.78 is 0. The third-order valence-electron chi connectivity index (χ3n) is 1.42. The molecule has 0 bridgehead atoms. The fourth-order valence-electron chi connectivity index (χ4n) is 0.734. The van der Waals surface area contributed by atoms with E-state index < -0.39 is 0 Å². The van der Waals surface area contributed by atoms with Crippen molar-refractivity contribution >= 4 is 0 Å². The normalized spacial score (nSPS) is 12.5. The second-order valence-corrected chi connectivity index (χ2v) is 2.57. The number of nitrogens with one attached hydrogen (secondary N) is 1. The SMILES string of the molecule is CCCCNC(C)CC#N. The van der Waals surface area contributed by atoms with Crippen LogP contribution in [0.1, 0.15) is 33.1 Å². The Labute approximate surface area is 63.2 Å².